The molecule has 2 aliphatic rings. The minimum absolute atomic E-state index is 0.0591. The van der Waals surface area contributed by atoms with Gasteiger partial charge in [0.1, 0.15) is 24.0 Å². The molecule has 1 unspecified atom stereocenters. The monoisotopic (exact) mass is 553 g/mol. The summed E-state index contributed by atoms with van der Waals surface area (Å²) in [4.78, 5) is 40.0. The van der Waals surface area contributed by atoms with Gasteiger partial charge in [0.05, 0.1) is 19.6 Å². The van der Waals surface area contributed by atoms with Gasteiger partial charge in [0, 0.05) is 16.7 Å². The van der Waals surface area contributed by atoms with Crippen molar-refractivity contribution in [3.8, 4) is 5.75 Å². The molecule has 16 heteroatoms. The van der Waals surface area contributed by atoms with Crippen molar-refractivity contribution in [2.24, 2.45) is 5.11 Å². The van der Waals surface area contributed by atoms with Crippen molar-refractivity contribution >= 4 is 25.4 Å². The third-order valence-electron chi connectivity index (χ3n) is 5.67. The number of nitrogens with zero attached hydrogens (tertiary/aromatic N) is 4. The zero-order chi connectivity index (χ0) is 28.1. The van der Waals surface area contributed by atoms with E-state index in [0.29, 0.717) is 0 Å². The van der Waals surface area contributed by atoms with Crippen molar-refractivity contribution in [1.29, 1.82) is 0 Å². The molecule has 2 aliphatic heterocycles. The van der Waals surface area contributed by atoms with Gasteiger partial charge in [0.25, 0.3) is 0 Å². The molecule has 6 atom stereocenters. The second-order valence-electron chi connectivity index (χ2n) is 8.47. The number of nitrogens with one attached hydrogen (secondary N) is 1. The molecule has 0 saturated carbocycles. The van der Waals surface area contributed by atoms with Crippen LogP contribution in [0.15, 0.2) is 47.2 Å². The molecule has 0 spiro atoms. The molecule has 38 heavy (non-hydrogen) atoms. The minimum Gasteiger partial charge on any atom is -0.465 e. The third-order valence-corrected chi connectivity index (χ3v) is 7.29. The lowest BCUT2D eigenvalue weighted by atomic mass is 10.0. The van der Waals surface area contributed by atoms with Crippen LogP contribution in [-0.2, 0) is 32.9 Å². The van der Waals surface area contributed by atoms with Crippen LogP contribution >= 0.6 is 7.75 Å². The molecule has 1 amide bonds. The van der Waals surface area contributed by atoms with Crippen LogP contribution in [0.2, 0.25) is 0 Å². The van der Waals surface area contributed by atoms with E-state index in [2.05, 4.69) is 15.1 Å². The summed E-state index contributed by atoms with van der Waals surface area (Å²) in [7, 11) is -4.47. The Balaban J connectivity index is 1.89. The Morgan fingerprint density at radius 2 is 2.05 bits per heavy atom. The smallest absolute Gasteiger partial charge is 0.459 e. The fraction of sp³-hybridized carbons (Fsp3) is 0.500. The lowest BCUT2D eigenvalue weighted by Crippen LogP contribution is -2.47. The molecule has 3 N–H and O–H groups in total. The number of azide groups is 1. The third kappa shape index (κ3) is 6.40. The number of esters is 1. The van der Waals surface area contributed by atoms with Crippen molar-refractivity contribution in [3.05, 3.63) is 52.5 Å². The molecule has 0 bridgehead atoms. The van der Waals surface area contributed by atoms with Gasteiger partial charge < -0.3 is 24.2 Å². The summed E-state index contributed by atoms with van der Waals surface area (Å²) in [6.07, 6.45) is -4.70. The highest BCUT2D eigenvalue weighted by molar-refractivity contribution is 7.52. The van der Waals surface area contributed by atoms with Crippen LogP contribution < -0.4 is 9.61 Å². The summed E-state index contributed by atoms with van der Waals surface area (Å²) in [6.45, 7) is 3.51. The first-order chi connectivity index (χ1) is 17.9. The molecular weight excluding hydrogens is 525 g/mol. The maximum absolute atomic E-state index is 13.7. The van der Waals surface area contributed by atoms with Gasteiger partial charge in [-0.1, -0.05) is 23.3 Å². The van der Waals surface area contributed by atoms with Gasteiger partial charge in [-0.15, -0.1) is 0 Å². The normalized spacial score (nSPS) is 27.7. The van der Waals surface area contributed by atoms with E-state index in [0.717, 1.165) is 11.1 Å². The molecule has 1 aromatic carbocycles. The van der Waals surface area contributed by atoms with E-state index >= 15 is 0 Å². The van der Waals surface area contributed by atoms with Gasteiger partial charge in [-0.25, -0.2) is 4.57 Å². The van der Waals surface area contributed by atoms with E-state index in [1.165, 1.54) is 26.0 Å². The molecular formula is C22H28N5O10P. The predicted molar refractivity (Wildman–Crippen MR) is 129 cm³/mol. The van der Waals surface area contributed by atoms with Crippen LogP contribution in [0.3, 0.4) is 0 Å². The van der Waals surface area contributed by atoms with Crippen LogP contribution in [0, 0.1) is 0 Å². The zero-order valence-electron chi connectivity index (χ0n) is 20.8. The number of hydrogen-bond acceptors (Lipinski definition) is 11. The summed E-state index contributed by atoms with van der Waals surface area (Å²) < 4.78 is 35.2. The number of Topliss-reactive ketones (excluding diaryl/α,β-unsaturated/α-hetero) is 1. The molecule has 15 nitrogen and oxygen atoms in total. The van der Waals surface area contributed by atoms with Gasteiger partial charge >= 0.3 is 13.7 Å². The molecule has 1 saturated heterocycles. The summed E-state index contributed by atoms with van der Waals surface area (Å²) in [5.41, 5.74) is 7.00. The number of ketones is 1. The highest BCUT2D eigenvalue weighted by Crippen LogP contribution is 2.47. The number of ether oxygens (including phenoxy) is 2. The Hall–Kier alpha value is -3.29. The number of benzene rings is 1. The van der Waals surface area contributed by atoms with Crippen molar-refractivity contribution in [1.82, 2.24) is 9.99 Å². The molecule has 0 aromatic heterocycles. The topological polar surface area (TPSA) is 210 Å². The number of carbonyl (C=O) groups is 3. The fourth-order valence-corrected chi connectivity index (χ4v) is 5.19. The van der Waals surface area contributed by atoms with E-state index in [1.807, 2.05) is 0 Å². The first-order valence-electron chi connectivity index (χ1n) is 11.5. The number of carbonyl (C=O) groups excluding carboxylic acids is 3. The van der Waals surface area contributed by atoms with Crippen LogP contribution in [0.1, 0.15) is 27.2 Å². The molecule has 2 heterocycles. The Morgan fingerprint density at radius 1 is 1.37 bits per heavy atom. The zero-order valence-corrected chi connectivity index (χ0v) is 21.7. The number of para-hydroxylation sites is 1. The van der Waals surface area contributed by atoms with E-state index in [1.54, 1.807) is 25.1 Å². The van der Waals surface area contributed by atoms with Crippen LogP contribution in [0.25, 0.3) is 10.4 Å². The van der Waals surface area contributed by atoms with Gasteiger partial charge in [-0.05, 0) is 38.4 Å². The highest BCUT2D eigenvalue weighted by Gasteiger charge is 2.58. The van der Waals surface area contributed by atoms with Gasteiger partial charge in [0.2, 0.25) is 11.6 Å². The maximum Gasteiger partial charge on any atom is 0.459 e. The SMILES string of the molecule is CCOC(=O)[C@H](C)NP(=O)(OC[C@@]1(N=[N+]=[N-])O[C@@H](N2C=C(C)C(=O)CC2=O)[C@H](O)[C@@H]1O)Oc1ccccc1. The predicted octanol–water partition coefficient (Wildman–Crippen LogP) is 1.52. The Bertz CT molecular complexity index is 1190. The summed E-state index contributed by atoms with van der Waals surface area (Å²) in [5.74, 6) is -1.82. The second-order valence-corrected chi connectivity index (χ2v) is 10.2. The minimum atomic E-state index is -4.47. The number of amides is 1. The average Bonchev–Trinajstić information content (AvgIpc) is 3.11. The van der Waals surface area contributed by atoms with Crippen LogP contribution in [0.4, 0.5) is 0 Å². The van der Waals surface area contributed by atoms with Crippen LogP contribution in [-0.4, -0.2) is 76.2 Å². The summed E-state index contributed by atoms with van der Waals surface area (Å²) >= 11 is 0. The van der Waals surface area contributed by atoms with E-state index in [9.17, 15) is 34.7 Å². The maximum atomic E-state index is 13.7. The van der Waals surface area contributed by atoms with Gasteiger partial charge in [-0.2, -0.15) is 5.09 Å². The first-order valence-corrected chi connectivity index (χ1v) is 13.1. The summed E-state index contributed by atoms with van der Waals surface area (Å²) in [6, 6.07) is 6.63. The van der Waals surface area contributed by atoms with Gasteiger partial charge in [-0.3, -0.25) is 23.8 Å². The number of hydrogen-bond donors (Lipinski definition) is 3. The van der Waals surface area contributed by atoms with E-state index in [-0.39, 0.29) is 17.9 Å². The lowest BCUT2D eigenvalue weighted by Gasteiger charge is -2.32. The number of rotatable bonds is 11. The van der Waals surface area contributed by atoms with Gasteiger partial charge in [0.15, 0.2) is 12.0 Å². The molecule has 1 fully saturated rings. The highest BCUT2D eigenvalue weighted by atomic mass is 31.2. The number of allylic oxidation sites excluding steroid dienone is 1. The summed E-state index contributed by atoms with van der Waals surface area (Å²) in [5, 5.41) is 27.3. The molecule has 3 rings (SSSR count). The van der Waals surface area contributed by atoms with Crippen molar-refractivity contribution in [3.63, 3.8) is 0 Å². The molecule has 0 radical (unpaired) electrons. The van der Waals surface area contributed by atoms with Crippen molar-refractivity contribution in [2.45, 2.75) is 57.4 Å². The quantitative estimate of drug-likeness (QED) is 0.0893. The van der Waals surface area contributed by atoms with Crippen LogP contribution in [0.5, 0.6) is 5.75 Å². The van der Waals surface area contributed by atoms with E-state index in [4.69, 9.17) is 18.5 Å². The molecule has 1 aromatic rings. The van der Waals surface area contributed by atoms with E-state index < -0.39 is 68.6 Å². The standard InChI is InChI=1S/C22H28N5O10P/c1-4-34-21(32)14(3)24-38(33,37-15-8-6-5-7-9-15)35-12-22(25-26-23)19(31)18(30)20(36-22)27-11-13(2)16(28)10-17(27)29/h5-9,11,14,18-20,30-31H,4,10,12H2,1-3H3,(H,24,33)/t14-,18+,19-,20+,22+,38?/m0/s1. The molecule has 206 valence electrons. The Kier molecular flexibility index (Phi) is 9.28. The van der Waals surface area contributed by atoms with Crippen molar-refractivity contribution in [2.75, 3.05) is 13.2 Å². The largest absolute Gasteiger partial charge is 0.465 e. The number of aliphatic hydroxyl groups is 2. The molecule has 0 aliphatic carbocycles. The number of aliphatic hydroxyl groups excluding tert-OH is 2. The Morgan fingerprint density at radius 3 is 2.68 bits per heavy atom. The second kappa shape index (κ2) is 12.0. The Labute approximate surface area is 217 Å². The first kappa shape index (κ1) is 29.3. The lowest BCUT2D eigenvalue weighted by molar-refractivity contribution is -0.159. The average molecular weight is 553 g/mol. The van der Waals surface area contributed by atoms with Crippen molar-refractivity contribution < 1.29 is 47.7 Å². The fourth-order valence-electron chi connectivity index (χ4n) is 3.68.